The first-order chi connectivity index (χ1) is 15.7. The summed E-state index contributed by atoms with van der Waals surface area (Å²) in [6.45, 7) is 0. The summed E-state index contributed by atoms with van der Waals surface area (Å²) >= 11 is -7.43. The van der Waals surface area contributed by atoms with Gasteiger partial charge in [-0.1, -0.05) is 18.2 Å². The fourth-order valence-electron chi connectivity index (χ4n) is 3.41. The van der Waals surface area contributed by atoms with Gasteiger partial charge in [0.1, 0.15) is 16.3 Å². The summed E-state index contributed by atoms with van der Waals surface area (Å²) in [6, 6.07) is 13.0. The molecule has 4 rings (SSSR count). The lowest BCUT2D eigenvalue weighted by molar-refractivity contribution is 0.480. The number of benzene rings is 4. The zero-order chi connectivity index (χ0) is 23.9. The first-order valence-electron chi connectivity index (χ1n) is 9.04. The molecule has 0 saturated carbocycles. The Morgan fingerprint density at radius 1 is 0.727 bits per heavy atom. The normalized spacial score (nSPS) is 14.6. The molecule has 33 heavy (non-hydrogen) atoms. The van der Waals surface area contributed by atoms with E-state index in [1.807, 2.05) is 0 Å². The predicted molar refractivity (Wildman–Crippen MR) is 125 cm³/mol. The predicted octanol–water partition coefficient (Wildman–Crippen LogP) is 4.44. The minimum Gasteiger partial charge on any atom is -0.505 e. The molecule has 0 aliphatic carbocycles. The summed E-state index contributed by atoms with van der Waals surface area (Å²) in [5.41, 5.74) is 5.76. The number of nitrogens with zero attached hydrogens (tertiary/aromatic N) is 2. The molecular weight excluding hydrogens is 490 g/mol. The van der Waals surface area contributed by atoms with Crippen molar-refractivity contribution in [3.8, 4) is 5.75 Å². The van der Waals surface area contributed by atoms with Crippen LogP contribution in [0.1, 0.15) is 0 Å². The van der Waals surface area contributed by atoms with Crippen LogP contribution in [-0.4, -0.2) is 31.4 Å². The standard InChI is InChI=1S/C20H15N3O7S3/c21-11-4-5-12-10(8-11)9-17(32(27)28)18(19(12)24)23-22-15-7-6-13-14(20(15)33(29)30)2-1-3-16(13)31(25)26/h1-9,24H,21H2,(H,25,26)(H,27,28)(H,29,30). The number of hydrogen-bond acceptors (Lipinski definition) is 7. The quantitative estimate of drug-likeness (QED) is 0.150. The molecule has 4 aromatic rings. The maximum atomic E-state index is 12.1. The van der Waals surface area contributed by atoms with Crippen molar-refractivity contribution in [2.24, 2.45) is 10.2 Å². The van der Waals surface area contributed by atoms with Crippen molar-refractivity contribution < 1.29 is 31.4 Å². The summed E-state index contributed by atoms with van der Waals surface area (Å²) in [7, 11) is 0. The van der Waals surface area contributed by atoms with Crippen LogP contribution < -0.4 is 5.73 Å². The molecule has 6 N–H and O–H groups in total. The molecule has 0 aliphatic rings. The number of nitrogens with two attached hydrogens (primary N) is 1. The molecule has 0 aliphatic heterocycles. The van der Waals surface area contributed by atoms with E-state index in [9.17, 15) is 31.4 Å². The highest BCUT2D eigenvalue weighted by Crippen LogP contribution is 2.42. The van der Waals surface area contributed by atoms with Crippen molar-refractivity contribution in [1.29, 1.82) is 0 Å². The van der Waals surface area contributed by atoms with Crippen molar-refractivity contribution in [3.05, 3.63) is 54.6 Å². The molecule has 0 spiro atoms. The van der Waals surface area contributed by atoms with Gasteiger partial charge in [0.25, 0.3) is 0 Å². The Balaban J connectivity index is 1.94. The third-order valence-corrected chi connectivity index (χ3v) is 7.03. The van der Waals surface area contributed by atoms with E-state index in [1.54, 1.807) is 0 Å². The van der Waals surface area contributed by atoms with Crippen molar-refractivity contribution in [1.82, 2.24) is 0 Å². The highest BCUT2D eigenvalue weighted by atomic mass is 32.2. The van der Waals surface area contributed by atoms with Crippen molar-refractivity contribution in [3.63, 3.8) is 0 Å². The number of hydrogen-bond donors (Lipinski definition) is 5. The third kappa shape index (κ3) is 4.29. The lowest BCUT2D eigenvalue weighted by atomic mass is 10.1. The summed E-state index contributed by atoms with van der Waals surface area (Å²) in [5, 5.41) is 19.8. The van der Waals surface area contributed by atoms with Crippen LogP contribution in [0.3, 0.4) is 0 Å². The zero-order valence-electron chi connectivity index (χ0n) is 16.4. The van der Waals surface area contributed by atoms with Gasteiger partial charge in [0.05, 0.1) is 9.79 Å². The fourth-order valence-corrected chi connectivity index (χ4v) is 5.15. The Hall–Kier alpha value is -3.07. The number of nitrogen functional groups attached to an aromatic ring is 1. The van der Waals surface area contributed by atoms with Crippen LogP contribution in [0.2, 0.25) is 0 Å². The van der Waals surface area contributed by atoms with Crippen LogP contribution in [0.4, 0.5) is 17.1 Å². The lowest BCUT2D eigenvalue weighted by Gasteiger charge is -2.10. The van der Waals surface area contributed by atoms with E-state index >= 15 is 0 Å². The molecule has 10 nitrogen and oxygen atoms in total. The van der Waals surface area contributed by atoms with E-state index in [0.29, 0.717) is 16.5 Å². The van der Waals surface area contributed by atoms with E-state index in [-0.39, 0.29) is 36.8 Å². The third-order valence-electron chi connectivity index (χ3n) is 4.83. The number of fused-ring (bicyclic) bond motifs is 2. The first-order valence-corrected chi connectivity index (χ1v) is 12.4. The summed E-state index contributed by atoms with van der Waals surface area (Å²) in [4.78, 5) is -0.366. The van der Waals surface area contributed by atoms with Gasteiger partial charge in [-0.25, -0.2) is 12.6 Å². The molecule has 0 bridgehead atoms. The van der Waals surface area contributed by atoms with Crippen LogP contribution in [0, 0.1) is 0 Å². The zero-order valence-corrected chi connectivity index (χ0v) is 18.9. The minimum absolute atomic E-state index is 0.0482. The lowest BCUT2D eigenvalue weighted by Crippen LogP contribution is -1.95. The van der Waals surface area contributed by atoms with Crippen LogP contribution in [0.15, 0.2) is 79.5 Å². The average molecular weight is 506 g/mol. The molecule has 4 aromatic carbocycles. The Bertz CT molecular complexity index is 1540. The second-order valence-electron chi connectivity index (χ2n) is 6.77. The van der Waals surface area contributed by atoms with E-state index in [2.05, 4.69) is 10.2 Å². The average Bonchev–Trinajstić information content (AvgIpc) is 2.76. The van der Waals surface area contributed by atoms with E-state index < -0.39 is 39.0 Å². The highest BCUT2D eigenvalue weighted by molar-refractivity contribution is 7.80. The Kier molecular flexibility index (Phi) is 6.34. The molecule has 13 heteroatoms. The largest absolute Gasteiger partial charge is 0.505 e. The highest BCUT2D eigenvalue weighted by Gasteiger charge is 2.19. The SMILES string of the molecule is Nc1ccc2c(O)c(N=Nc3ccc4c(S(=O)O)cccc4c3S(=O)O)c(S(=O)O)cc2c1. The number of phenols is 1. The van der Waals surface area contributed by atoms with Gasteiger partial charge in [0.15, 0.2) is 39.0 Å². The molecule has 0 fully saturated rings. The van der Waals surface area contributed by atoms with Crippen LogP contribution in [0.5, 0.6) is 5.75 Å². The monoisotopic (exact) mass is 505 g/mol. The van der Waals surface area contributed by atoms with Gasteiger partial charge < -0.3 is 24.5 Å². The number of aromatic hydroxyl groups is 1. The van der Waals surface area contributed by atoms with Crippen LogP contribution in [0.25, 0.3) is 21.5 Å². The fraction of sp³-hybridized carbons (Fsp3) is 0. The van der Waals surface area contributed by atoms with Gasteiger partial charge in [-0.15, -0.1) is 10.2 Å². The number of phenolic OH excluding ortho intramolecular Hbond substituents is 1. The van der Waals surface area contributed by atoms with Gasteiger partial charge in [-0.05, 0) is 41.8 Å². The van der Waals surface area contributed by atoms with Gasteiger partial charge in [0, 0.05) is 21.8 Å². The molecule has 0 radical (unpaired) electrons. The van der Waals surface area contributed by atoms with Crippen LogP contribution in [-0.2, 0) is 33.2 Å². The summed E-state index contributed by atoms with van der Waals surface area (Å²) in [6.07, 6.45) is 0. The molecule has 3 unspecified atom stereocenters. The maximum absolute atomic E-state index is 12.1. The van der Waals surface area contributed by atoms with Crippen molar-refractivity contribution >= 4 is 71.8 Å². The smallest absolute Gasteiger partial charge is 0.189 e. The molecule has 0 amide bonds. The Labute approximate surface area is 194 Å². The second kappa shape index (κ2) is 9.05. The van der Waals surface area contributed by atoms with Crippen LogP contribution >= 0.6 is 0 Å². The van der Waals surface area contributed by atoms with Crippen molar-refractivity contribution in [2.45, 2.75) is 14.7 Å². The van der Waals surface area contributed by atoms with E-state index in [0.717, 1.165) is 0 Å². The number of azo groups is 1. The van der Waals surface area contributed by atoms with E-state index in [4.69, 9.17) is 5.73 Å². The number of anilines is 1. The summed E-state index contributed by atoms with van der Waals surface area (Å²) in [5.74, 6) is -0.418. The minimum atomic E-state index is -2.56. The Morgan fingerprint density at radius 3 is 2.09 bits per heavy atom. The second-order valence-corrected chi connectivity index (χ2v) is 9.55. The molecule has 170 valence electrons. The first kappa shape index (κ1) is 23.1. The van der Waals surface area contributed by atoms with Gasteiger partial charge >= 0.3 is 0 Å². The maximum Gasteiger partial charge on any atom is 0.189 e. The topological polar surface area (TPSA) is 183 Å². The van der Waals surface area contributed by atoms with Gasteiger partial charge in [-0.2, -0.15) is 0 Å². The number of rotatable bonds is 5. The van der Waals surface area contributed by atoms with Gasteiger partial charge in [-0.3, -0.25) is 0 Å². The summed E-state index contributed by atoms with van der Waals surface area (Å²) < 4.78 is 64.7. The Morgan fingerprint density at radius 2 is 1.42 bits per heavy atom. The molecule has 3 atom stereocenters. The van der Waals surface area contributed by atoms with Gasteiger partial charge in [0.2, 0.25) is 0 Å². The molecule has 0 aromatic heterocycles. The molecule has 0 heterocycles. The molecule has 0 saturated heterocycles. The molecular formula is C20H15N3O7S3. The van der Waals surface area contributed by atoms with E-state index in [1.165, 1.54) is 54.6 Å². The van der Waals surface area contributed by atoms with Crippen molar-refractivity contribution in [2.75, 3.05) is 5.73 Å².